The van der Waals surface area contributed by atoms with Crippen molar-refractivity contribution in [1.82, 2.24) is 16.0 Å². The van der Waals surface area contributed by atoms with Gasteiger partial charge in [-0.2, -0.15) is 0 Å². The maximum atomic E-state index is 12.8. The van der Waals surface area contributed by atoms with E-state index in [0.717, 1.165) is 22.3 Å². The van der Waals surface area contributed by atoms with E-state index in [0.29, 0.717) is 0 Å². The Balaban J connectivity index is 1.36. The summed E-state index contributed by atoms with van der Waals surface area (Å²) in [5, 5.41) is 7.89. The molecule has 1 unspecified atom stereocenters. The highest BCUT2D eigenvalue weighted by molar-refractivity contribution is 5.86. The number of hydrogen-bond donors (Lipinski definition) is 3. The standard InChI is InChI=1S/C33H45N3O8/c1-32(2,3)43-28(37)16-15-27(36-31(40)44-33(4,5)6)29(38)34-17-19-41-20-18-35-30(39)42-21-26-24-13-9-7-11-22(24)23-12-8-10-14-25(23)26/h7-14,26-27H,15-21H2,1-6H3,(H,34,38)(H,35,39)(H,36,40). The van der Waals surface area contributed by atoms with Crippen LogP contribution in [0.15, 0.2) is 48.5 Å². The molecule has 240 valence electrons. The highest BCUT2D eigenvalue weighted by atomic mass is 16.6. The second-order valence-electron chi connectivity index (χ2n) is 12.5. The van der Waals surface area contributed by atoms with E-state index in [4.69, 9.17) is 18.9 Å². The largest absolute Gasteiger partial charge is 0.460 e. The molecule has 0 fully saturated rings. The zero-order valence-corrected chi connectivity index (χ0v) is 26.5. The van der Waals surface area contributed by atoms with Gasteiger partial charge in [0.25, 0.3) is 0 Å². The van der Waals surface area contributed by atoms with Crippen molar-refractivity contribution in [2.75, 3.05) is 32.9 Å². The minimum atomic E-state index is -1.01. The zero-order chi connectivity index (χ0) is 32.3. The Hall–Kier alpha value is -4.12. The third-order valence-electron chi connectivity index (χ3n) is 6.47. The van der Waals surface area contributed by atoms with Crippen molar-refractivity contribution in [2.45, 2.75) is 77.5 Å². The maximum Gasteiger partial charge on any atom is 0.408 e. The first kappa shape index (κ1) is 34.4. The van der Waals surface area contributed by atoms with Crippen LogP contribution in [-0.4, -0.2) is 74.2 Å². The van der Waals surface area contributed by atoms with Gasteiger partial charge in [-0.3, -0.25) is 9.59 Å². The molecule has 0 bridgehead atoms. The highest BCUT2D eigenvalue weighted by Crippen LogP contribution is 2.44. The van der Waals surface area contributed by atoms with Crippen molar-refractivity contribution < 1.29 is 38.1 Å². The molecule has 3 rings (SSSR count). The number of alkyl carbamates (subject to hydrolysis) is 2. The number of nitrogens with one attached hydrogen (secondary N) is 3. The molecule has 0 aromatic heterocycles. The van der Waals surface area contributed by atoms with Crippen LogP contribution in [0.4, 0.5) is 9.59 Å². The van der Waals surface area contributed by atoms with Crippen LogP contribution in [0.2, 0.25) is 0 Å². The average Bonchev–Trinajstić information content (AvgIpc) is 3.25. The first-order valence-electron chi connectivity index (χ1n) is 14.9. The average molecular weight is 612 g/mol. The van der Waals surface area contributed by atoms with E-state index in [1.165, 1.54) is 0 Å². The topological polar surface area (TPSA) is 141 Å². The van der Waals surface area contributed by atoms with Gasteiger partial charge in [0.15, 0.2) is 0 Å². The molecule has 3 N–H and O–H groups in total. The molecule has 11 heteroatoms. The fourth-order valence-electron chi connectivity index (χ4n) is 4.72. The van der Waals surface area contributed by atoms with Crippen LogP contribution >= 0.6 is 0 Å². The van der Waals surface area contributed by atoms with E-state index in [2.05, 4.69) is 40.2 Å². The predicted molar refractivity (Wildman–Crippen MR) is 165 cm³/mol. The third kappa shape index (κ3) is 11.2. The van der Waals surface area contributed by atoms with Crippen molar-refractivity contribution in [3.8, 4) is 11.1 Å². The van der Waals surface area contributed by atoms with Crippen molar-refractivity contribution in [3.05, 3.63) is 59.7 Å². The molecular weight excluding hydrogens is 566 g/mol. The minimum Gasteiger partial charge on any atom is -0.460 e. The lowest BCUT2D eigenvalue weighted by molar-refractivity contribution is -0.155. The molecule has 0 heterocycles. The summed E-state index contributed by atoms with van der Waals surface area (Å²) in [5.41, 5.74) is 3.18. The fourth-order valence-corrected chi connectivity index (χ4v) is 4.72. The Kier molecular flexibility index (Phi) is 12.2. The van der Waals surface area contributed by atoms with Gasteiger partial charge in [0, 0.05) is 25.4 Å². The van der Waals surface area contributed by atoms with Gasteiger partial charge < -0.3 is 34.9 Å². The number of benzene rings is 2. The van der Waals surface area contributed by atoms with Gasteiger partial charge in [-0.1, -0.05) is 48.5 Å². The van der Waals surface area contributed by atoms with Crippen LogP contribution in [0, 0.1) is 0 Å². The molecule has 44 heavy (non-hydrogen) atoms. The fraction of sp³-hybridized carbons (Fsp3) is 0.515. The van der Waals surface area contributed by atoms with Crippen molar-refractivity contribution in [3.63, 3.8) is 0 Å². The molecule has 2 aromatic rings. The molecule has 1 atom stereocenters. The molecule has 0 spiro atoms. The number of ether oxygens (including phenoxy) is 4. The van der Waals surface area contributed by atoms with Gasteiger partial charge in [-0.05, 0) is 70.2 Å². The number of rotatable bonds is 13. The molecule has 0 saturated heterocycles. The zero-order valence-electron chi connectivity index (χ0n) is 26.5. The summed E-state index contributed by atoms with van der Waals surface area (Å²) >= 11 is 0. The van der Waals surface area contributed by atoms with Crippen LogP contribution in [-0.2, 0) is 28.5 Å². The Morgan fingerprint density at radius 2 is 1.30 bits per heavy atom. The monoisotopic (exact) mass is 611 g/mol. The van der Waals surface area contributed by atoms with E-state index < -0.39 is 41.3 Å². The van der Waals surface area contributed by atoms with E-state index in [-0.39, 0.29) is 51.7 Å². The molecule has 0 aliphatic heterocycles. The third-order valence-corrected chi connectivity index (χ3v) is 6.47. The van der Waals surface area contributed by atoms with Gasteiger partial charge in [0.05, 0.1) is 13.2 Å². The van der Waals surface area contributed by atoms with Gasteiger partial charge in [0.2, 0.25) is 5.91 Å². The van der Waals surface area contributed by atoms with Gasteiger partial charge in [0.1, 0.15) is 23.9 Å². The summed E-state index contributed by atoms with van der Waals surface area (Å²) in [6, 6.07) is 15.2. The number of fused-ring (bicyclic) bond motifs is 3. The number of carbonyl (C=O) groups is 4. The molecular formula is C33H45N3O8. The summed E-state index contributed by atoms with van der Waals surface area (Å²) in [5.74, 6) is -0.987. The van der Waals surface area contributed by atoms with E-state index in [9.17, 15) is 19.2 Å². The number of carbonyl (C=O) groups excluding carboxylic acids is 4. The van der Waals surface area contributed by atoms with Crippen molar-refractivity contribution >= 4 is 24.1 Å². The summed E-state index contributed by atoms with van der Waals surface area (Å²) in [7, 11) is 0. The van der Waals surface area contributed by atoms with E-state index in [1.54, 1.807) is 41.5 Å². The Morgan fingerprint density at radius 1 is 0.750 bits per heavy atom. The quantitative estimate of drug-likeness (QED) is 0.169. The van der Waals surface area contributed by atoms with Gasteiger partial charge in [-0.25, -0.2) is 9.59 Å². The lowest BCUT2D eigenvalue weighted by Gasteiger charge is -2.24. The number of esters is 1. The van der Waals surface area contributed by atoms with Gasteiger partial charge >= 0.3 is 18.2 Å². The van der Waals surface area contributed by atoms with Gasteiger partial charge in [-0.15, -0.1) is 0 Å². The molecule has 3 amide bonds. The Morgan fingerprint density at radius 3 is 1.86 bits per heavy atom. The van der Waals surface area contributed by atoms with Crippen molar-refractivity contribution in [1.29, 1.82) is 0 Å². The van der Waals surface area contributed by atoms with E-state index in [1.807, 2.05) is 24.3 Å². The molecule has 2 aromatic carbocycles. The Labute approximate surface area is 259 Å². The Bertz CT molecular complexity index is 1250. The van der Waals surface area contributed by atoms with Crippen LogP contribution < -0.4 is 16.0 Å². The SMILES string of the molecule is CC(C)(C)OC(=O)CCC(NC(=O)OC(C)(C)C)C(=O)NCCOCCNC(=O)OCC1c2ccccc2-c2ccccc21. The smallest absolute Gasteiger partial charge is 0.408 e. The summed E-state index contributed by atoms with van der Waals surface area (Å²) in [4.78, 5) is 49.5. The maximum absolute atomic E-state index is 12.8. The summed E-state index contributed by atoms with van der Waals surface area (Å²) in [6.45, 7) is 11.4. The lowest BCUT2D eigenvalue weighted by atomic mass is 9.98. The predicted octanol–water partition coefficient (Wildman–Crippen LogP) is 4.67. The van der Waals surface area contributed by atoms with Crippen LogP contribution in [0.5, 0.6) is 0 Å². The van der Waals surface area contributed by atoms with Crippen LogP contribution in [0.25, 0.3) is 11.1 Å². The second-order valence-corrected chi connectivity index (χ2v) is 12.5. The summed E-state index contributed by atoms with van der Waals surface area (Å²) in [6.07, 6.45) is -1.34. The second kappa shape index (κ2) is 15.6. The molecule has 1 aliphatic carbocycles. The first-order valence-corrected chi connectivity index (χ1v) is 14.9. The molecule has 1 aliphatic rings. The number of amides is 3. The minimum absolute atomic E-state index is 0.0224. The number of hydrogen-bond acceptors (Lipinski definition) is 8. The highest BCUT2D eigenvalue weighted by Gasteiger charge is 2.29. The van der Waals surface area contributed by atoms with E-state index >= 15 is 0 Å². The van der Waals surface area contributed by atoms with Crippen LogP contribution in [0.3, 0.4) is 0 Å². The molecule has 0 radical (unpaired) electrons. The summed E-state index contributed by atoms with van der Waals surface area (Å²) < 4.78 is 21.6. The molecule has 0 saturated carbocycles. The lowest BCUT2D eigenvalue weighted by Crippen LogP contribution is -2.49. The van der Waals surface area contributed by atoms with Crippen molar-refractivity contribution in [2.24, 2.45) is 0 Å². The normalized spacial score (nSPS) is 13.2. The molecule has 11 nitrogen and oxygen atoms in total. The van der Waals surface area contributed by atoms with Crippen LogP contribution in [0.1, 0.15) is 71.4 Å². The first-order chi connectivity index (χ1) is 20.7.